The number of aryl methyl sites for hydroxylation is 1. The standard InChI is InChI=1S/C17H16Br2O3/c1-3-8-21-15-7-5-12(18)10-13(15)17(20)22-16-6-4-11(2)9-14(16)19/h4-7,9-10H,3,8H2,1-2H3. The lowest BCUT2D eigenvalue weighted by atomic mass is 10.2. The second kappa shape index (κ2) is 7.79. The molecule has 0 amide bonds. The molecule has 0 aliphatic rings. The Hall–Kier alpha value is -1.33. The van der Waals surface area contributed by atoms with Crippen LogP contribution in [0.25, 0.3) is 0 Å². The third-order valence-corrected chi connectivity index (χ3v) is 4.03. The summed E-state index contributed by atoms with van der Waals surface area (Å²) in [7, 11) is 0. The van der Waals surface area contributed by atoms with Crippen molar-refractivity contribution >= 4 is 37.8 Å². The predicted octanol–water partition coefficient (Wildman–Crippen LogP) is 5.53. The van der Waals surface area contributed by atoms with Crippen LogP contribution in [0.4, 0.5) is 0 Å². The van der Waals surface area contributed by atoms with E-state index in [0.717, 1.165) is 20.9 Å². The van der Waals surface area contributed by atoms with Gasteiger partial charge in [0, 0.05) is 4.47 Å². The van der Waals surface area contributed by atoms with Gasteiger partial charge in [0.05, 0.1) is 11.1 Å². The minimum atomic E-state index is -0.447. The van der Waals surface area contributed by atoms with E-state index in [-0.39, 0.29) is 0 Å². The van der Waals surface area contributed by atoms with Crippen molar-refractivity contribution in [1.82, 2.24) is 0 Å². The van der Waals surface area contributed by atoms with Crippen molar-refractivity contribution in [1.29, 1.82) is 0 Å². The molecule has 22 heavy (non-hydrogen) atoms. The fraction of sp³-hybridized carbons (Fsp3) is 0.235. The molecule has 0 heterocycles. The highest BCUT2D eigenvalue weighted by Gasteiger charge is 2.17. The number of hydrogen-bond donors (Lipinski definition) is 0. The summed E-state index contributed by atoms with van der Waals surface area (Å²) in [4.78, 5) is 12.4. The van der Waals surface area contributed by atoms with Crippen LogP contribution in [0.15, 0.2) is 45.3 Å². The number of esters is 1. The Labute approximate surface area is 146 Å². The first-order valence-electron chi connectivity index (χ1n) is 6.92. The van der Waals surface area contributed by atoms with Gasteiger partial charge >= 0.3 is 5.97 Å². The van der Waals surface area contributed by atoms with Gasteiger partial charge in [0.2, 0.25) is 0 Å². The summed E-state index contributed by atoms with van der Waals surface area (Å²) in [5.41, 5.74) is 1.48. The quantitative estimate of drug-likeness (QED) is 0.465. The van der Waals surface area contributed by atoms with Gasteiger partial charge in [0.25, 0.3) is 0 Å². The van der Waals surface area contributed by atoms with Gasteiger partial charge in [-0.1, -0.05) is 28.9 Å². The van der Waals surface area contributed by atoms with Crippen LogP contribution in [0.3, 0.4) is 0 Å². The van der Waals surface area contributed by atoms with Crippen LogP contribution in [0.2, 0.25) is 0 Å². The lowest BCUT2D eigenvalue weighted by Gasteiger charge is -2.12. The largest absolute Gasteiger partial charge is 0.493 e. The van der Waals surface area contributed by atoms with Gasteiger partial charge in [-0.05, 0) is 65.2 Å². The smallest absolute Gasteiger partial charge is 0.347 e. The number of benzene rings is 2. The average molecular weight is 428 g/mol. The maximum absolute atomic E-state index is 12.4. The van der Waals surface area contributed by atoms with Gasteiger partial charge in [-0.2, -0.15) is 0 Å². The Morgan fingerprint density at radius 2 is 1.82 bits per heavy atom. The van der Waals surface area contributed by atoms with E-state index in [4.69, 9.17) is 9.47 Å². The maximum Gasteiger partial charge on any atom is 0.347 e. The molecule has 0 N–H and O–H groups in total. The number of hydrogen-bond acceptors (Lipinski definition) is 3. The summed E-state index contributed by atoms with van der Waals surface area (Å²) >= 11 is 6.77. The van der Waals surface area contributed by atoms with Crippen LogP contribution in [-0.2, 0) is 0 Å². The fourth-order valence-corrected chi connectivity index (χ4v) is 2.78. The molecular formula is C17H16Br2O3. The van der Waals surface area contributed by atoms with Gasteiger partial charge in [0.15, 0.2) is 0 Å². The van der Waals surface area contributed by atoms with E-state index in [1.807, 2.05) is 32.0 Å². The molecule has 0 atom stereocenters. The third kappa shape index (κ3) is 4.34. The van der Waals surface area contributed by atoms with Crippen LogP contribution >= 0.6 is 31.9 Å². The minimum Gasteiger partial charge on any atom is -0.493 e. The SMILES string of the molecule is CCCOc1ccc(Br)cc1C(=O)Oc1ccc(C)cc1Br. The molecule has 0 bridgehead atoms. The molecule has 2 rings (SSSR count). The van der Waals surface area contributed by atoms with Crippen molar-refractivity contribution in [3.8, 4) is 11.5 Å². The number of rotatable bonds is 5. The normalized spacial score (nSPS) is 10.4. The molecule has 2 aromatic rings. The molecule has 0 saturated heterocycles. The number of carbonyl (C=O) groups excluding carboxylic acids is 1. The highest BCUT2D eigenvalue weighted by atomic mass is 79.9. The van der Waals surface area contributed by atoms with E-state index in [1.165, 1.54) is 0 Å². The molecule has 3 nitrogen and oxygen atoms in total. The molecule has 0 aliphatic carbocycles. The van der Waals surface area contributed by atoms with E-state index < -0.39 is 5.97 Å². The summed E-state index contributed by atoms with van der Waals surface area (Å²) in [5.74, 6) is 0.562. The van der Waals surface area contributed by atoms with Gasteiger partial charge in [-0.15, -0.1) is 0 Å². The molecule has 0 radical (unpaired) electrons. The predicted molar refractivity (Wildman–Crippen MR) is 93.8 cm³/mol. The first-order valence-corrected chi connectivity index (χ1v) is 8.50. The molecule has 0 aliphatic heterocycles. The zero-order chi connectivity index (χ0) is 16.1. The number of halogens is 2. The molecule has 0 unspecified atom stereocenters. The Kier molecular flexibility index (Phi) is 6.03. The van der Waals surface area contributed by atoms with E-state index in [2.05, 4.69) is 31.9 Å². The van der Waals surface area contributed by atoms with Crippen LogP contribution < -0.4 is 9.47 Å². The summed E-state index contributed by atoms with van der Waals surface area (Å²) in [6.45, 7) is 4.54. The van der Waals surface area contributed by atoms with Crippen molar-refractivity contribution in [3.05, 3.63) is 56.5 Å². The fourth-order valence-electron chi connectivity index (χ4n) is 1.84. The molecule has 2 aromatic carbocycles. The number of carbonyl (C=O) groups is 1. The van der Waals surface area contributed by atoms with Crippen molar-refractivity contribution in [2.24, 2.45) is 0 Å². The third-order valence-electron chi connectivity index (χ3n) is 2.91. The molecule has 0 saturated carbocycles. The number of ether oxygens (including phenoxy) is 2. The summed E-state index contributed by atoms with van der Waals surface area (Å²) < 4.78 is 12.6. The van der Waals surface area contributed by atoms with E-state index in [9.17, 15) is 4.79 Å². The van der Waals surface area contributed by atoms with Crippen LogP contribution in [-0.4, -0.2) is 12.6 Å². The molecular weight excluding hydrogens is 412 g/mol. The van der Waals surface area contributed by atoms with Crippen molar-refractivity contribution in [2.45, 2.75) is 20.3 Å². The Bertz CT molecular complexity index is 684. The molecule has 0 fully saturated rings. The second-order valence-electron chi connectivity index (χ2n) is 4.81. The van der Waals surface area contributed by atoms with Crippen molar-refractivity contribution < 1.29 is 14.3 Å². The molecule has 0 aromatic heterocycles. The van der Waals surface area contributed by atoms with Crippen LogP contribution in [0, 0.1) is 6.92 Å². The van der Waals surface area contributed by atoms with E-state index in [0.29, 0.717) is 23.7 Å². The second-order valence-corrected chi connectivity index (χ2v) is 6.58. The zero-order valence-corrected chi connectivity index (χ0v) is 15.5. The summed E-state index contributed by atoms with van der Waals surface area (Å²) in [6.07, 6.45) is 0.869. The Morgan fingerprint density at radius 3 is 2.50 bits per heavy atom. The molecule has 5 heteroatoms. The van der Waals surface area contributed by atoms with Gasteiger partial charge in [-0.3, -0.25) is 0 Å². The summed E-state index contributed by atoms with van der Waals surface area (Å²) in [5, 5.41) is 0. The lowest BCUT2D eigenvalue weighted by molar-refractivity contribution is 0.0729. The average Bonchev–Trinajstić information content (AvgIpc) is 2.48. The molecule has 116 valence electrons. The van der Waals surface area contributed by atoms with E-state index in [1.54, 1.807) is 18.2 Å². The zero-order valence-electron chi connectivity index (χ0n) is 12.4. The van der Waals surface area contributed by atoms with Gasteiger partial charge in [-0.25, -0.2) is 4.79 Å². The first-order chi connectivity index (χ1) is 10.5. The van der Waals surface area contributed by atoms with Crippen LogP contribution in [0.1, 0.15) is 29.3 Å². The van der Waals surface area contributed by atoms with Crippen molar-refractivity contribution in [3.63, 3.8) is 0 Å². The lowest BCUT2D eigenvalue weighted by Crippen LogP contribution is -2.11. The maximum atomic E-state index is 12.4. The Balaban J connectivity index is 2.26. The van der Waals surface area contributed by atoms with Crippen molar-refractivity contribution in [2.75, 3.05) is 6.61 Å². The Morgan fingerprint density at radius 1 is 1.09 bits per heavy atom. The van der Waals surface area contributed by atoms with Crippen LogP contribution in [0.5, 0.6) is 11.5 Å². The summed E-state index contributed by atoms with van der Waals surface area (Å²) in [6, 6.07) is 10.9. The van der Waals surface area contributed by atoms with E-state index >= 15 is 0 Å². The topological polar surface area (TPSA) is 35.5 Å². The minimum absolute atomic E-state index is 0.398. The van der Waals surface area contributed by atoms with Gasteiger partial charge < -0.3 is 9.47 Å². The first kappa shape index (κ1) is 17.0. The van der Waals surface area contributed by atoms with Gasteiger partial charge in [0.1, 0.15) is 17.1 Å². The molecule has 0 spiro atoms. The highest BCUT2D eigenvalue weighted by molar-refractivity contribution is 9.10. The monoisotopic (exact) mass is 426 g/mol. The highest BCUT2D eigenvalue weighted by Crippen LogP contribution is 2.29.